The zero-order valence-corrected chi connectivity index (χ0v) is 6.99. The van der Waals surface area contributed by atoms with Crippen molar-refractivity contribution in [2.24, 2.45) is 0 Å². The van der Waals surface area contributed by atoms with E-state index in [1.807, 2.05) is 0 Å². The van der Waals surface area contributed by atoms with Crippen LogP contribution in [0.5, 0.6) is 0 Å². The third-order valence-electron chi connectivity index (χ3n) is 1.30. The van der Waals surface area contributed by atoms with E-state index in [-0.39, 0.29) is 0 Å². The summed E-state index contributed by atoms with van der Waals surface area (Å²) in [6.45, 7) is 0. The summed E-state index contributed by atoms with van der Waals surface area (Å²) in [5, 5.41) is 2.79. The third-order valence-corrected chi connectivity index (χ3v) is 6.42. The summed E-state index contributed by atoms with van der Waals surface area (Å²) in [6.07, 6.45) is 4.28. The van der Waals surface area contributed by atoms with E-state index >= 15 is 0 Å². The van der Waals surface area contributed by atoms with Gasteiger partial charge in [-0.3, -0.25) is 0 Å². The van der Waals surface area contributed by atoms with Gasteiger partial charge in [0.15, 0.2) is 0 Å². The molecule has 0 N–H and O–H groups in total. The normalized spacial score (nSPS) is 25.3. The van der Waals surface area contributed by atoms with Crippen molar-refractivity contribution >= 4 is 23.7 Å². The molecule has 0 radical (unpaired) electrons. The van der Waals surface area contributed by atoms with Crippen molar-refractivity contribution in [1.29, 1.82) is 0 Å². The molecule has 1 rings (SSSR count). The van der Waals surface area contributed by atoms with Gasteiger partial charge in [0, 0.05) is 0 Å². The molecule has 0 nitrogen and oxygen atoms in total. The molecule has 0 saturated carbocycles. The van der Waals surface area contributed by atoms with Gasteiger partial charge in [-0.05, 0) is 0 Å². The molecule has 7 heavy (non-hydrogen) atoms. The molecule has 2 heteroatoms. The molecule has 1 saturated heterocycles. The van der Waals surface area contributed by atoms with Gasteiger partial charge in [0.05, 0.1) is 0 Å². The molecule has 0 bridgehead atoms. The van der Waals surface area contributed by atoms with Gasteiger partial charge in [-0.15, -0.1) is 0 Å². The molecular weight excluding hydrogens is 170 g/mol. The summed E-state index contributed by atoms with van der Waals surface area (Å²) in [4.78, 5) is 0. The van der Waals surface area contributed by atoms with E-state index in [0.29, 0.717) is 0 Å². The Labute approximate surface area is 53.7 Å². The van der Waals surface area contributed by atoms with E-state index in [2.05, 4.69) is 0 Å². The van der Waals surface area contributed by atoms with Crippen LogP contribution in [0.25, 0.3) is 0 Å². The van der Waals surface area contributed by atoms with Gasteiger partial charge < -0.3 is 0 Å². The van der Waals surface area contributed by atoms with Crippen LogP contribution < -0.4 is 0 Å². The van der Waals surface area contributed by atoms with E-state index in [1.165, 1.54) is 29.7 Å². The zero-order chi connectivity index (χ0) is 5.11. The van der Waals surface area contributed by atoms with Crippen molar-refractivity contribution in [3.8, 4) is 0 Å². The maximum atomic E-state index is 5.96. The van der Waals surface area contributed by atoms with Gasteiger partial charge in [-0.2, -0.15) is 0 Å². The fourth-order valence-electron chi connectivity index (χ4n) is 0.855. The van der Waals surface area contributed by atoms with Crippen molar-refractivity contribution in [3.05, 3.63) is 0 Å². The molecule has 42 valence electrons. The van der Waals surface area contributed by atoms with Crippen LogP contribution in [-0.4, -0.2) is 13.7 Å². The Bertz CT molecular complexity index is 50.0. The molecule has 0 aromatic carbocycles. The summed E-state index contributed by atoms with van der Waals surface area (Å²) in [5.74, 6) is 0. The first kappa shape index (κ1) is 5.98. The monoisotopic (exact) mass is 180 g/mol. The quantitative estimate of drug-likeness (QED) is 0.502. The second-order valence-electron chi connectivity index (χ2n) is 1.97. The van der Waals surface area contributed by atoms with Crippen molar-refractivity contribution in [3.63, 3.8) is 0 Å². The summed E-state index contributed by atoms with van der Waals surface area (Å²) in [6, 6.07) is 0. The van der Waals surface area contributed by atoms with E-state index in [0.717, 1.165) is 0 Å². The molecular formula is C5H10AsCl. The molecule has 0 unspecified atom stereocenters. The Morgan fingerprint density at radius 3 is 1.86 bits per heavy atom. The van der Waals surface area contributed by atoms with Crippen LogP contribution in [0.2, 0.25) is 10.4 Å². The molecule has 0 atom stereocenters. The fourth-order valence-corrected chi connectivity index (χ4v) is 4.94. The van der Waals surface area contributed by atoms with Gasteiger partial charge in [-0.25, -0.2) is 0 Å². The maximum absolute atomic E-state index is 5.96. The summed E-state index contributed by atoms with van der Waals surface area (Å²) in [7, 11) is 5.96. The van der Waals surface area contributed by atoms with Gasteiger partial charge in [0.25, 0.3) is 0 Å². The number of hydrogen-bond acceptors (Lipinski definition) is 0. The zero-order valence-electron chi connectivity index (χ0n) is 4.36. The molecule has 1 aliphatic rings. The Kier molecular flexibility index (Phi) is 2.55. The topological polar surface area (TPSA) is 0 Å². The molecule has 0 aromatic rings. The second-order valence-corrected chi connectivity index (χ2v) is 8.27. The van der Waals surface area contributed by atoms with Crippen LogP contribution in [0.1, 0.15) is 19.3 Å². The van der Waals surface area contributed by atoms with Crippen LogP contribution in [0.4, 0.5) is 0 Å². The Balaban J connectivity index is 2.12. The van der Waals surface area contributed by atoms with Crippen LogP contribution >= 0.6 is 9.95 Å². The van der Waals surface area contributed by atoms with E-state index in [9.17, 15) is 0 Å². The van der Waals surface area contributed by atoms with Gasteiger partial charge in [-0.1, -0.05) is 0 Å². The van der Waals surface area contributed by atoms with Crippen molar-refractivity contribution in [1.82, 2.24) is 0 Å². The number of hydrogen-bond donors (Lipinski definition) is 0. The number of rotatable bonds is 0. The first-order chi connectivity index (χ1) is 3.39. The molecule has 0 spiro atoms. The Morgan fingerprint density at radius 1 is 1.00 bits per heavy atom. The van der Waals surface area contributed by atoms with Crippen molar-refractivity contribution < 1.29 is 0 Å². The van der Waals surface area contributed by atoms with Crippen LogP contribution in [-0.2, 0) is 0 Å². The average Bonchev–Trinajstić information content (AvgIpc) is 1.69. The average molecular weight is 181 g/mol. The first-order valence-corrected chi connectivity index (χ1v) is 7.92. The predicted molar refractivity (Wildman–Crippen MR) is 35.1 cm³/mol. The van der Waals surface area contributed by atoms with E-state index in [4.69, 9.17) is 9.95 Å². The molecule has 0 aliphatic carbocycles. The SMILES string of the molecule is Cl[As]1CCCCC1. The molecule has 0 aromatic heterocycles. The summed E-state index contributed by atoms with van der Waals surface area (Å²) in [5.41, 5.74) is 0. The number of halogens is 1. The minimum atomic E-state index is -0.679. The first-order valence-electron chi connectivity index (χ1n) is 2.80. The Morgan fingerprint density at radius 2 is 1.57 bits per heavy atom. The molecule has 1 aliphatic heterocycles. The van der Waals surface area contributed by atoms with Crippen LogP contribution in [0, 0.1) is 0 Å². The van der Waals surface area contributed by atoms with Crippen molar-refractivity contribution in [2.45, 2.75) is 29.7 Å². The molecule has 1 fully saturated rings. The second kappa shape index (κ2) is 2.99. The molecule has 0 amide bonds. The van der Waals surface area contributed by atoms with Gasteiger partial charge >= 0.3 is 53.3 Å². The van der Waals surface area contributed by atoms with Crippen LogP contribution in [0.15, 0.2) is 0 Å². The summed E-state index contributed by atoms with van der Waals surface area (Å²) < 4.78 is 0. The van der Waals surface area contributed by atoms with E-state index < -0.39 is 13.7 Å². The standard InChI is InChI=1S/C5H10AsCl/c7-6-4-2-1-3-5-6/h1-5H2. The predicted octanol–water partition coefficient (Wildman–Crippen LogP) is 2.40. The van der Waals surface area contributed by atoms with Crippen molar-refractivity contribution in [2.75, 3.05) is 0 Å². The Hall–Kier alpha value is 0.848. The third kappa shape index (κ3) is 2.06. The van der Waals surface area contributed by atoms with Gasteiger partial charge in [0.1, 0.15) is 0 Å². The fraction of sp³-hybridized carbons (Fsp3) is 1.00. The molecule has 1 heterocycles. The van der Waals surface area contributed by atoms with E-state index in [1.54, 1.807) is 0 Å². The minimum absolute atomic E-state index is 0.679. The van der Waals surface area contributed by atoms with Crippen LogP contribution in [0.3, 0.4) is 0 Å². The van der Waals surface area contributed by atoms with Gasteiger partial charge in [0.2, 0.25) is 0 Å². The summed E-state index contributed by atoms with van der Waals surface area (Å²) >= 11 is -0.679.